The summed E-state index contributed by atoms with van der Waals surface area (Å²) in [6.45, 7) is 0.947. The molecule has 0 atom stereocenters. The largest absolute Gasteiger partial charge is 0.350 e. The molecule has 27 heavy (non-hydrogen) atoms. The Balaban J connectivity index is 1.31. The summed E-state index contributed by atoms with van der Waals surface area (Å²) in [7, 11) is 0. The zero-order valence-electron chi connectivity index (χ0n) is 15.2. The second-order valence-electron chi connectivity index (χ2n) is 8.63. The minimum atomic E-state index is -0.395. The number of amides is 1. The predicted octanol–water partition coefficient (Wildman–Crippen LogP) is 1.26. The van der Waals surface area contributed by atoms with Gasteiger partial charge in [0.25, 0.3) is 11.5 Å². The molecule has 2 heterocycles. The summed E-state index contributed by atoms with van der Waals surface area (Å²) in [6, 6.07) is 0. The van der Waals surface area contributed by atoms with Gasteiger partial charge in [0.05, 0.1) is 0 Å². The molecule has 4 aliphatic rings. The molecule has 0 unspecified atom stereocenters. The molecule has 2 aromatic rings. The highest BCUT2D eigenvalue weighted by Crippen LogP contribution is 2.59. The molecule has 0 aromatic carbocycles. The molecule has 2 N–H and O–H groups in total. The summed E-state index contributed by atoms with van der Waals surface area (Å²) in [5, 5.41) is 10.2. The van der Waals surface area contributed by atoms with E-state index < -0.39 is 5.91 Å². The van der Waals surface area contributed by atoms with E-state index in [4.69, 9.17) is 0 Å². The Morgan fingerprint density at radius 1 is 1.15 bits per heavy atom. The molecule has 8 heteroatoms. The molecule has 6 rings (SSSR count). The van der Waals surface area contributed by atoms with E-state index >= 15 is 0 Å². The van der Waals surface area contributed by atoms with Crippen LogP contribution in [0.5, 0.6) is 0 Å². The number of rotatable bonds is 5. The van der Waals surface area contributed by atoms with Crippen LogP contribution in [-0.4, -0.2) is 37.2 Å². The number of hydrogen-bond donors (Lipinski definition) is 2. The van der Waals surface area contributed by atoms with Crippen molar-refractivity contribution in [2.75, 3.05) is 6.54 Å². The highest BCUT2D eigenvalue weighted by molar-refractivity contribution is 5.93. The Bertz CT molecular complexity index is 868. The molecule has 8 nitrogen and oxygen atoms in total. The molecular formula is C19H24N6O2. The minimum absolute atomic E-state index is 0.0251. The summed E-state index contributed by atoms with van der Waals surface area (Å²) in [5.74, 6) is 2.74. The molecule has 0 radical (unpaired) electrons. The minimum Gasteiger partial charge on any atom is -0.350 e. The molecule has 4 fully saturated rings. The number of carbonyl (C=O) groups excluding carboxylic acids is 1. The summed E-state index contributed by atoms with van der Waals surface area (Å²) < 4.78 is 1.76. The number of hydrogen-bond acceptors (Lipinski definition) is 5. The maximum atomic E-state index is 12.6. The number of aromatic amines is 1. The van der Waals surface area contributed by atoms with Crippen molar-refractivity contribution in [1.29, 1.82) is 0 Å². The maximum absolute atomic E-state index is 12.6. The zero-order chi connectivity index (χ0) is 18.4. The molecule has 2 aromatic heterocycles. The highest BCUT2D eigenvalue weighted by Gasteiger charge is 2.52. The van der Waals surface area contributed by atoms with Gasteiger partial charge in [0.2, 0.25) is 0 Å². The Morgan fingerprint density at radius 3 is 2.37 bits per heavy atom. The van der Waals surface area contributed by atoms with Crippen LogP contribution in [0.1, 0.15) is 54.7 Å². The summed E-state index contributed by atoms with van der Waals surface area (Å²) >= 11 is 0. The number of nitrogens with one attached hydrogen (secondary N) is 2. The van der Waals surface area contributed by atoms with Crippen LogP contribution in [0.4, 0.5) is 0 Å². The van der Waals surface area contributed by atoms with Gasteiger partial charge in [-0.25, -0.2) is 4.98 Å². The van der Waals surface area contributed by atoms with Gasteiger partial charge in [-0.3, -0.25) is 9.59 Å². The molecule has 4 saturated carbocycles. The van der Waals surface area contributed by atoms with Crippen molar-refractivity contribution in [3.63, 3.8) is 0 Å². The van der Waals surface area contributed by atoms with Crippen LogP contribution in [0, 0.1) is 17.8 Å². The average molecular weight is 368 g/mol. The Labute approximate surface area is 156 Å². The van der Waals surface area contributed by atoms with Gasteiger partial charge in [-0.1, -0.05) is 0 Å². The normalized spacial score (nSPS) is 31.2. The van der Waals surface area contributed by atoms with E-state index in [1.54, 1.807) is 17.2 Å². The lowest BCUT2D eigenvalue weighted by Gasteiger charge is -2.56. The molecule has 0 spiro atoms. The molecule has 4 aliphatic carbocycles. The fourth-order valence-electron chi connectivity index (χ4n) is 5.96. The summed E-state index contributed by atoms with van der Waals surface area (Å²) in [4.78, 5) is 32.5. The Morgan fingerprint density at radius 2 is 1.78 bits per heavy atom. The first-order valence-electron chi connectivity index (χ1n) is 9.82. The van der Waals surface area contributed by atoms with Crippen molar-refractivity contribution in [3.05, 3.63) is 40.6 Å². The third-order valence-electron chi connectivity index (χ3n) is 6.71. The summed E-state index contributed by atoms with van der Waals surface area (Å²) in [5.41, 5.74) is -0.234. The third-order valence-corrected chi connectivity index (χ3v) is 6.71. The SMILES string of the molecule is O=C(NCCn1cnnc1)c1cnc(C23CC4CC(CC(C4)C2)C3)[nH]c1=O. The van der Waals surface area contributed by atoms with Gasteiger partial charge in [0.1, 0.15) is 24.0 Å². The zero-order valence-corrected chi connectivity index (χ0v) is 15.2. The van der Waals surface area contributed by atoms with E-state index in [2.05, 4.69) is 25.5 Å². The molecule has 1 amide bonds. The first-order chi connectivity index (χ1) is 13.1. The maximum Gasteiger partial charge on any atom is 0.263 e. The van der Waals surface area contributed by atoms with Crippen molar-refractivity contribution >= 4 is 5.91 Å². The first-order valence-corrected chi connectivity index (χ1v) is 9.82. The molecular weight excluding hydrogens is 344 g/mol. The van der Waals surface area contributed by atoms with Crippen molar-refractivity contribution in [2.45, 2.75) is 50.5 Å². The number of carbonyl (C=O) groups is 1. The van der Waals surface area contributed by atoms with Crippen molar-refractivity contribution in [2.24, 2.45) is 17.8 Å². The molecule has 4 bridgehead atoms. The lowest BCUT2D eigenvalue weighted by atomic mass is 9.49. The van der Waals surface area contributed by atoms with E-state index in [1.165, 1.54) is 25.5 Å². The van der Waals surface area contributed by atoms with Crippen molar-refractivity contribution < 1.29 is 4.79 Å². The van der Waals surface area contributed by atoms with E-state index in [9.17, 15) is 9.59 Å². The summed E-state index contributed by atoms with van der Waals surface area (Å²) in [6.07, 6.45) is 12.1. The second-order valence-corrected chi connectivity index (χ2v) is 8.63. The quantitative estimate of drug-likeness (QED) is 0.826. The van der Waals surface area contributed by atoms with E-state index in [0.717, 1.165) is 42.8 Å². The average Bonchev–Trinajstić information content (AvgIpc) is 3.14. The van der Waals surface area contributed by atoms with Gasteiger partial charge < -0.3 is 14.9 Å². The van der Waals surface area contributed by atoms with E-state index in [1.807, 2.05) is 0 Å². The fourth-order valence-corrected chi connectivity index (χ4v) is 5.96. The van der Waals surface area contributed by atoms with Crippen LogP contribution in [0.25, 0.3) is 0 Å². The highest BCUT2D eigenvalue weighted by atomic mass is 16.2. The van der Waals surface area contributed by atoms with Crippen LogP contribution in [-0.2, 0) is 12.0 Å². The van der Waals surface area contributed by atoms with Gasteiger partial charge in [-0.2, -0.15) is 0 Å². The van der Waals surface area contributed by atoms with Gasteiger partial charge >= 0.3 is 0 Å². The predicted molar refractivity (Wildman–Crippen MR) is 97.1 cm³/mol. The standard InChI is InChI=1S/C19H24N6O2/c26-16(20-1-2-25-10-22-23-11-25)15-9-21-18(24-17(15)27)19-6-12-3-13(7-19)5-14(4-12)8-19/h9-14H,1-8H2,(H,20,26)(H,21,24,27). The molecule has 142 valence electrons. The van der Waals surface area contributed by atoms with Crippen LogP contribution in [0.15, 0.2) is 23.6 Å². The van der Waals surface area contributed by atoms with Gasteiger partial charge in [-0.15, -0.1) is 10.2 Å². The molecule has 0 aliphatic heterocycles. The number of nitrogens with zero attached hydrogens (tertiary/aromatic N) is 4. The van der Waals surface area contributed by atoms with Crippen LogP contribution in [0.2, 0.25) is 0 Å². The first kappa shape index (κ1) is 16.6. The Kier molecular flexibility index (Phi) is 3.87. The van der Waals surface area contributed by atoms with Crippen LogP contribution >= 0.6 is 0 Å². The number of aromatic nitrogens is 5. The smallest absolute Gasteiger partial charge is 0.263 e. The van der Waals surface area contributed by atoms with E-state index in [-0.39, 0.29) is 16.5 Å². The fraction of sp³-hybridized carbons (Fsp3) is 0.632. The second kappa shape index (κ2) is 6.28. The van der Waals surface area contributed by atoms with Crippen molar-refractivity contribution in [3.8, 4) is 0 Å². The lowest BCUT2D eigenvalue weighted by Crippen LogP contribution is -2.50. The third kappa shape index (κ3) is 2.96. The Hall–Kier alpha value is -2.51. The monoisotopic (exact) mass is 368 g/mol. The van der Waals surface area contributed by atoms with Gasteiger partial charge in [0, 0.05) is 24.7 Å². The van der Waals surface area contributed by atoms with Crippen LogP contribution in [0.3, 0.4) is 0 Å². The number of H-pyrrole nitrogens is 1. The van der Waals surface area contributed by atoms with Crippen molar-refractivity contribution in [1.82, 2.24) is 30.0 Å². The molecule has 0 saturated heterocycles. The van der Waals surface area contributed by atoms with Gasteiger partial charge in [-0.05, 0) is 56.3 Å². The van der Waals surface area contributed by atoms with Gasteiger partial charge in [0.15, 0.2) is 0 Å². The topological polar surface area (TPSA) is 106 Å². The van der Waals surface area contributed by atoms with E-state index in [0.29, 0.717) is 13.1 Å². The van der Waals surface area contributed by atoms with Crippen LogP contribution < -0.4 is 10.9 Å². The lowest BCUT2D eigenvalue weighted by molar-refractivity contribution is -0.00953.